The molecule has 0 unspecified atom stereocenters. The minimum atomic E-state index is -0.712. The molecule has 1 heterocycles. The minimum absolute atomic E-state index is 0.170. The number of hydrogen-bond acceptors (Lipinski definition) is 3. The van der Waals surface area contributed by atoms with Gasteiger partial charge in [-0.1, -0.05) is 37.3 Å². The van der Waals surface area contributed by atoms with E-state index in [0.29, 0.717) is 6.42 Å². The van der Waals surface area contributed by atoms with E-state index in [1.807, 2.05) is 35.4 Å². The number of piperidine rings is 1. The lowest BCUT2D eigenvalue weighted by Gasteiger charge is -2.42. The standard InChI is InChI=1S/C13H19NO2/c1-11-10-14(16-2)9-8-13(11,15)12-6-4-3-5-7-12/h3-7,11,15H,8-10H2,1-2H3/t11-,13+/m0/s1. The van der Waals surface area contributed by atoms with E-state index in [1.54, 1.807) is 7.11 Å². The van der Waals surface area contributed by atoms with Crippen LogP contribution in [0.1, 0.15) is 18.9 Å². The summed E-state index contributed by atoms with van der Waals surface area (Å²) < 4.78 is 0. The molecule has 0 saturated carbocycles. The molecule has 0 spiro atoms. The van der Waals surface area contributed by atoms with Gasteiger partial charge in [0.1, 0.15) is 0 Å². The van der Waals surface area contributed by atoms with Crippen molar-refractivity contribution in [1.29, 1.82) is 0 Å². The Hall–Kier alpha value is -0.900. The van der Waals surface area contributed by atoms with Crippen molar-refractivity contribution in [3.05, 3.63) is 35.9 Å². The molecule has 0 amide bonds. The summed E-state index contributed by atoms with van der Waals surface area (Å²) in [4.78, 5) is 5.21. The van der Waals surface area contributed by atoms with Crippen LogP contribution in [-0.4, -0.2) is 30.4 Å². The maximum absolute atomic E-state index is 10.7. The Kier molecular flexibility index (Phi) is 3.28. The summed E-state index contributed by atoms with van der Waals surface area (Å²) in [7, 11) is 1.68. The van der Waals surface area contributed by atoms with Crippen molar-refractivity contribution in [2.24, 2.45) is 5.92 Å². The lowest BCUT2D eigenvalue weighted by atomic mass is 9.77. The van der Waals surface area contributed by atoms with Crippen LogP contribution in [0.4, 0.5) is 0 Å². The predicted molar refractivity (Wildman–Crippen MR) is 62.7 cm³/mol. The van der Waals surface area contributed by atoms with Crippen molar-refractivity contribution < 1.29 is 9.94 Å². The average Bonchev–Trinajstić information content (AvgIpc) is 2.34. The van der Waals surface area contributed by atoms with Crippen molar-refractivity contribution >= 4 is 0 Å². The average molecular weight is 221 g/mol. The number of hydrogen-bond donors (Lipinski definition) is 1. The zero-order valence-electron chi connectivity index (χ0n) is 9.89. The Labute approximate surface area is 96.6 Å². The van der Waals surface area contributed by atoms with Gasteiger partial charge >= 0.3 is 0 Å². The number of hydroxylamine groups is 2. The Morgan fingerprint density at radius 2 is 2.06 bits per heavy atom. The maximum atomic E-state index is 10.7. The lowest BCUT2D eigenvalue weighted by Crippen LogP contribution is -2.48. The molecule has 0 radical (unpaired) electrons. The molecule has 0 aliphatic carbocycles. The Bertz CT molecular complexity index is 341. The molecular weight excluding hydrogens is 202 g/mol. The largest absolute Gasteiger partial charge is 0.385 e. The fourth-order valence-corrected chi connectivity index (χ4v) is 2.41. The first kappa shape index (κ1) is 11.6. The first-order valence-corrected chi connectivity index (χ1v) is 5.74. The van der Waals surface area contributed by atoms with Crippen LogP contribution in [0.25, 0.3) is 0 Å². The highest BCUT2D eigenvalue weighted by Crippen LogP contribution is 2.36. The normalized spacial score (nSPS) is 31.6. The van der Waals surface area contributed by atoms with E-state index < -0.39 is 5.60 Å². The second kappa shape index (κ2) is 4.53. The number of aliphatic hydroxyl groups is 1. The highest BCUT2D eigenvalue weighted by molar-refractivity contribution is 5.23. The minimum Gasteiger partial charge on any atom is -0.385 e. The van der Waals surface area contributed by atoms with Gasteiger partial charge in [0.05, 0.1) is 12.7 Å². The molecule has 1 aromatic carbocycles. The van der Waals surface area contributed by atoms with Gasteiger partial charge in [-0.25, -0.2) is 0 Å². The molecule has 3 nitrogen and oxygen atoms in total. The second-order valence-electron chi connectivity index (χ2n) is 4.51. The smallest absolute Gasteiger partial charge is 0.0948 e. The van der Waals surface area contributed by atoms with E-state index in [9.17, 15) is 5.11 Å². The van der Waals surface area contributed by atoms with Crippen LogP contribution in [0.2, 0.25) is 0 Å². The van der Waals surface area contributed by atoms with Crippen LogP contribution in [0.15, 0.2) is 30.3 Å². The van der Waals surface area contributed by atoms with Crippen molar-refractivity contribution in [1.82, 2.24) is 5.06 Å². The number of benzene rings is 1. The molecule has 1 aliphatic rings. The molecule has 0 bridgehead atoms. The molecule has 1 fully saturated rings. The van der Waals surface area contributed by atoms with Crippen molar-refractivity contribution in [2.45, 2.75) is 18.9 Å². The van der Waals surface area contributed by atoms with E-state index in [4.69, 9.17) is 4.84 Å². The van der Waals surface area contributed by atoms with E-state index in [0.717, 1.165) is 18.7 Å². The van der Waals surface area contributed by atoms with Gasteiger partial charge in [0, 0.05) is 19.0 Å². The van der Waals surface area contributed by atoms with Gasteiger partial charge in [-0.05, 0) is 12.0 Å². The van der Waals surface area contributed by atoms with Gasteiger partial charge in [-0.3, -0.25) is 0 Å². The first-order chi connectivity index (χ1) is 7.66. The SMILES string of the molecule is CON1CC[C@](O)(c2ccccc2)[C@@H](C)C1. The molecular formula is C13H19NO2. The Balaban J connectivity index is 2.20. The van der Waals surface area contributed by atoms with E-state index in [-0.39, 0.29) is 5.92 Å². The second-order valence-corrected chi connectivity index (χ2v) is 4.51. The molecule has 2 rings (SSSR count). The summed E-state index contributed by atoms with van der Waals surface area (Å²) in [6, 6.07) is 9.92. The molecule has 1 N–H and O–H groups in total. The summed E-state index contributed by atoms with van der Waals surface area (Å²) in [6.45, 7) is 3.60. The van der Waals surface area contributed by atoms with Gasteiger partial charge in [-0.15, -0.1) is 0 Å². The highest BCUT2D eigenvalue weighted by Gasteiger charge is 2.40. The van der Waals surface area contributed by atoms with E-state index in [1.165, 1.54) is 0 Å². The van der Waals surface area contributed by atoms with Gasteiger partial charge in [0.25, 0.3) is 0 Å². The summed E-state index contributed by atoms with van der Waals surface area (Å²) in [5, 5.41) is 12.6. The lowest BCUT2D eigenvalue weighted by molar-refractivity contribution is -0.196. The monoisotopic (exact) mass is 221 g/mol. The molecule has 16 heavy (non-hydrogen) atoms. The zero-order chi connectivity index (χ0) is 11.6. The van der Waals surface area contributed by atoms with Crippen LogP contribution in [0, 0.1) is 5.92 Å². The fraction of sp³-hybridized carbons (Fsp3) is 0.538. The van der Waals surface area contributed by atoms with Gasteiger partial charge in [0.2, 0.25) is 0 Å². The quantitative estimate of drug-likeness (QED) is 0.826. The van der Waals surface area contributed by atoms with E-state index >= 15 is 0 Å². The molecule has 0 aromatic heterocycles. The van der Waals surface area contributed by atoms with Gasteiger partial charge in [-0.2, -0.15) is 5.06 Å². The zero-order valence-corrected chi connectivity index (χ0v) is 9.89. The first-order valence-electron chi connectivity index (χ1n) is 5.74. The molecule has 88 valence electrons. The number of rotatable bonds is 2. The number of nitrogens with zero attached hydrogens (tertiary/aromatic N) is 1. The van der Waals surface area contributed by atoms with Crippen molar-refractivity contribution in [3.8, 4) is 0 Å². The Morgan fingerprint density at radius 1 is 1.38 bits per heavy atom. The third-order valence-corrected chi connectivity index (χ3v) is 3.57. The van der Waals surface area contributed by atoms with Crippen molar-refractivity contribution in [2.75, 3.05) is 20.2 Å². The fourth-order valence-electron chi connectivity index (χ4n) is 2.41. The van der Waals surface area contributed by atoms with Crippen LogP contribution in [0.3, 0.4) is 0 Å². The molecule has 1 aliphatic heterocycles. The predicted octanol–water partition coefficient (Wildman–Crippen LogP) is 1.78. The van der Waals surface area contributed by atoms with Crippen LogP contribution in [0.5, 0.6) is 0 Å². The van der Waals surface area contributed by atoms with Crippen molar-refractivity contribution in [3.63, 3.8) is 0 Å². The van der Waals surface area contributed by atoms with Crippen LogP contribution >= 0.6 is 0 Å². The summed E-state index contributed by atoms with van der Waals surface area (Å²) >= 11 is 0. The van der Waals surface area contributed by atoms with Gasteiger partial charge < -0.3 is 9.94 Å². The van der Waals surface area contributed by atoms with Crippen LogP contribution in [-0.2, 0) is 10.4 Å². The third kappa shape index (κ3) is 1.98. The van der Waals surface area contributed by atoms with E-state index in [2.05, 4.69) is 6.92 Å². The summed E-state index contributed by atoms with van der Waals surface area (Å²) in [6.07, 6.45) is 0.714. The molecule has 3 heteroatoms. The summed E-state index contributed by atoms with van der Waals surface area (Å²) in [5.41, 5.74) is 0.300. The molecule has 1 aromatic rings. The van der Waals surface area contributed by atoms with Gasteiger partial charge in [0.15, 0.2) is 0 Å². The third-order valence-electron chi connectivity index (χ3n) is 3.57. The highest BCUT2D eigenvalue weighted by atomic mass is 16.7. The topological polar surface area (TPSA) is 32.7 Å². The molecule has 1 saturated heterocycles. The summed E-state index contributed by atoms with van der Waals surface area (Å²) in [5.74, 6) is 0.170. The van der Waals surface area contributed by atoms with Crippen LogP contribution < -0.4 is 0 Å². The molecule has 2 atom stereocenters. The maximum Gasteiger partial charge on any atom is 0.0948 e. The Morgan fingerprint density at radius 3 is 2.62 bits per heavy atom.